The second kappa shape index (κ2) is 8.57. The minimum atomic E-state index is -1.00. The number of imide groups is 1. The summed E-state index contributed by atoms with van der Waals surface area (Å²) in [6, 6.07) is 5.52. The quantitative estimate of drug-likeness (QED) is 0.544. The highest BCUT2D eigenvalue weighted by Crippen LogP contribution is 2.32. The molecule has 0 radical (unpaired) electrons. The highest BCUT2D eigenvalue weighted by atomic mass is 32.2. The Morgan fingerprint density at radius 2 is 2.04 bits per heavy atom. The molecule has 28 heavy (non-hydrogen) atoms. The molecular weight excluding hydrogens is 402 g/mol. The lowest BCUT2D eigenvalue weighted by Gasteiger charge is -2.17. The average Bonchev–Trinajstić information content (AvgIpc) is 3.22. The maximum atomic E-state index is 12.7. The van der Waals surface area contributed by atoms with Crippen molar-refractivity contribution in [2.45, 2.75) is 29.9 Å². The summed E-state index contributed by atoms with van der Waals surface area (Å²) >= 11 is 2.87. The molecule has 1 saturated heterocycles. The van der Waals surface area contributed by atoms with Gasteiger partial charge in [-0.15, -0.1) is 10.2 Å². The van der Waals surface area contributed by atoms with Gasteiger partial charge in [0.1, 0.15) is 0 Å². The van der Waals surface area contributed by atoms with Crippen LogP contribution in [0.2, 0.25) is 0 Å². The predicted molar refractivity (Wildman–Crippen MR) is 107 cm³/mol. The SMILES string of the molecule is CC(C)Sc1nnc(N2CCN(C(=O)Nc3ccccc3CC(=O)O)C2=O)s1. The molecule has 0 unspecified atom stereocenters. The summed E-state index contributed by atoms with van der Waals surface area (Å²) in [7, 11) is 0. The average molecular weight is 422 g/mol. The van der Waals surface area contributed by atoms with Gasteiger partial charge in [-0.25, -0.2) is 14.5 Å². The maximum absolute atomic E-state index is 12.7. The smallest absolute Gasteiger partial charge is 0.334 e. The molecule has 0 bridgehead atoms. The number of carboxylic acid groups (broad SMARTS) is 1. The molecule has 3 rings (SSSR count). The van der Waals surface area contributed by atoms with E-state index in [9.17, 15) is 14.4 Å². The van der Waals surface area contributed by atoms with E-state index in [2.05, 4.69) is 15.5 Å². The molecule has 0 saturated carbocycles. The van der Waals surface area contributed by atoms with Crippen molar-refractivity contribution >= 4 is 51.9 Å². The number of thioether (sulfide) groups is 1. The molecule has 0 atom stereocenters. The zero-order valence-electron chi connectivity index (χ0n) is 15.3. The molecule has 148 valence electrons. The van der Waals surface area contributed by atoms with Crippen LogP contribution < -0.4 is 10.2 Å². The van der Waals surface area contributed by atoms with Gasteiger partial charge in [-0.05, 0) is 11.6 Å². The molecule has 0 spiro atoms. The number of aromatic nitrogens is 2. The van der Waals surface area contributed by atoms with Crippen LogP contribution in [0, 0.1) is 0 Å². The fraction of sp³-hybridized carbons (Fsp3) is 0.353. The Kier molecular flexibility index (Phi) is 6.15. The number of urea groups is 2. The minimum Gasteiger partial charge on any atom is -0.481 e. The van der Waals surface area contributed by atoms with Gasteiger partial charge in [-0.3, -0.25) is 9.69 Å². The fourth-order valence-electron chi connectivity index (χ4n) is 2.61. The molecular formula is C17H19N5O4S2. The van der Waals surface area contributed by atoms with Crippen molar-refractivity contribution in [1.82, 2.24) is 15.1 Å². The second-order valence-corrected chi connectivity index (χ2v) is 9.04. The number of benzene rings is 1. The number of nitrogens with zero attached hydrogens (tertiary/aromatic N) is 4. The lowest BCUT2D eigenvalue weighted by atomic mass is 10.1. The van der Waals surface area contributed by atoms with Crippen molar-refractivity contribution in [2.75, 3.05) is 23.3 Å². The molecule has 9 nitrogen and oxygen atoms in total. The van der Waals surface area contributed by atoms with Crippen molar-refractivity contribution in [1.29, 1.82) is 0 Å². The monoisotopic (exact) mass is 421 g/mol. The van der Waals surface area contributed by atoms with E-state index in [0.717, 1.165) is 9.24 Å². The zero-order valence-corrected chi connectivity index (χ0v) is 16.9. The number of hydrogen-bond acceptors (Lipinski definition) is 7. The number of carbonyl (C=O) groups excluding carboxylic acids is 2. The minimum absolute atomic E-state index is 0.206. The summed E-state index contributed by atoms with van der Waals surface area (Å²) in [5, 5.41) is 20.6. The standard InChI is InChI=1S/C17H19N5O4S2/c1-10(2)27-16-20-19-15(28-16)22-8-7-21(17(22)26)14(25)18-12-6-4-3-5-11(12)9-13(23)24/h3-6,10H,7-9H2,1-2H3,(H,18,25)(H,23,24). The Morgan fingerprint density at radius 3 is 2.75 bits per heavy atom. The number of rotatable bonds is 6. The van der Waals surface area contributed by atoms with Gasteiger partial charge in [-0.1, -0.05) is 55.1 Å². The van der Waals surface area contributed by atoms with Crippen LogP contribution >= 0.6 is 23.1 Å². The van der Waals surface area contributed by atoms with Crippen molar-refractivity contribution in [3.8, 4) is 0 Å². The van der Waals surface area contributed by atoms with Gasteiger partial charge in [0.15, 0.2) is 4.34 Å². The highest BCUT2D eigenvalue weighted by Gasteiger charge is 2.36. The molecule has 4 amide bonds. The Morgan fingerprint density at radius 1 is 1.29 bits per heavy atom. The molecule has 1 aliphatic heterocycles. The first-order chi connectivity index (χ1) is 13.3. The van der Waals surface area contributed by atoms with Crippen molar-refractivity contribution in [3.63, 3.8) is 0 Å². The number of nitrogens with one attached hydrogen (secondary N) is 1. The molecule has 2 heterocycles. The number of carboxylic acids is 1. The molecule has 2 aromatic rings. The van der Waals surface area contributed by atoms with Crippen LogP contribution in [-0.2, 0) is 11.2 Å². The third-order valence-electron chi connectivity index (χ3n) is 3.82. The summed E-state index contributed by atoms with van der Waals surface area (Å²) in [4.78, 5) is 38.7. The second-order valence-electron chi connectivity index (χ2n) is 6.26. The number of hydrogen-bond donors (Lipinski definition) is 2. The van der Waals surface area contributed by atoms with Crippen LogP contribution in [-0.4, -0.2) is 56.6 Å². The van der Waals surface area contributed by atoms with Crippen molar-refractivity contribution in [3.05, 3.63) is 29.8 Å². The number of para-hydroxylation sites is 1. The van der Waals surface area contributed by atoms with Gasteiger partial charge < -0.3 is 10.4 Å². The van der Waals surface area contributed by atoms with Gasteiger partial charge in [-0.2, -0.15) is 0 Å². The third kappa shape index (κ3) is 4.60. The molecule has 0 aliphatic carbocycles. The molecule has 11 heteroatoms. The lowest BCUT2D eigenvalue weighted by molar-refractivity contribution is -0.136. The highest BCUT2D eigenvalue weighted by molar-refractivity contribution is 8.01. The summed E-state index contributed by atoms with van der Waals surface area (Å²) in [6.07, 6.45) is -0.225. The van der Waals surface area contributed by atoms with Crippen LogP contribution in [0.25, 0.3) is 0 Å². The van der Waals surface area contributed by atoms with Crippen LogP contribution in [0.15, 0.2) is 28.6 Å². The van der Waals surface area contributed by atoms with E-state index in [-0.39, 0.29) is 13.0 Å². The van der Waals surface area contributed by atoms with Gasteiger partial charge in [0.05, 0.1) is 13.0 Å². The molecule has 2 N–H and O–H groups in total. The Bertz CT molecular complexity index is 901. The summed E-state index contributed by atoms with van der Waals surface area (Å²) in [5.41, 5.74) is 0.832. The van der Waals surface area contributed by atoms with Crippen LogP contribution in [0.5, 0.6) is 0 Å². The lowest BCUT2D eigenvalue weighted by Crippen LogP contribution is -2.39. The summed E-state index contributed by atoms with van der Waals surface area (Å²) < 4.78 is 0.767. The van der Waals surface area contributed by atoms with Crippen molar-refractivity contribution < 1.29 is 19.5 Å². The summed E-state index contributed by atoms with van der Waals surface area (Å²) in [6.45, 7) is 4.62. The Balaban J connectivity index is 1.69. The molecule has 1 aromatic carbocycles. The molecule has 1 aliphatic rings. The molecule has 1 fully saturated rings. The van der Waals surface area contributed by atoms with E-state index in [1.807, 2.05) is 13.8 Å². The van der Waals surface area contributed by atoms with Crippen molar-refractivity contribution in [2.24, 2.45) is 0 Å². The fourth-order valence-corrected chi connectivity index (χ4v) is 4.69. The topological polar surface area (TPSA) is 116 Å². The number of carbonyl (C=O) groups is 3. The number of amides is 4. The first-order valence-electron chi connectivity index (χ1n) is 8.55. The zero-order chi connectivity index (χ0) is 20.3. The van der Waals surface area contributed by atoms with Gasteiger partial charge in [0.25, 0.3) is 0 Å². The third-order valence-corrected chi connectivity index (χ3v) is 5.85. The van der Waals surface area contributed by atoms with Crippen LogP contribution in [0.1, 0.15) is 19.4 Å². The predicted octanol–water partition coefficient (Wildman–Crippen LogP) is 3.14. The van der Waals surface area contributed by atoms with Crippen LogP contribution in [0.3, 0.4) is 0 Å². The first-order valence-corrected chi connectivity index (χ1v) is 10.2. The van der Waals surface area contributed by atoms with Gasteiger partial charge in [0.2, 0.25) is 5.13 Å². The van der Waals surface area contributed by atoms with E-state index < -0.39 is 18.0 Å². The molecule has 1 aromatic heterocycles. The van der Waals surface area contributed by atoms with Gasteiger partial charge in [0, 0.05) is 17.5 Å². The van der Waals surface area contributed by atoms with E-state index in [0.29, 0.717) is 28.2 Å². The number of aliphatic carboxylic acids is 1. The largest absolute Gasteiger partial charge is 0.481 e. The summed E-state index contributed by atoms with van der Waals surface area (Å²) in [5.74, 6) is -1.00. The maximum Gasteiger partial charge on any atom is 0.334 e. The van der Waals surface area contributed by atoms with E-state index >= 15 is 0 Å². The Labute approximate surface area is 169 Å². The normalized spacial score (nSPS) is 14.0. The van der Waals surface area contributed by atoms with Gasteiger partial charge >= 0.3 is 18.0 Å². The van der Waals surface area contributed by atoms with E-state index in [1.54, 1.807) is 36.0 Å². The van der Waals surface area contributed by atoms with E-state index in [1.165, 1.54) is 16.2 Å². The van der Waals surface area contributed by atoms with Crippen LogP contribution in [0.4, 0.5) is 20.4 Å². The Hall–Kier alpha value is -2.66. The first kappa shape index (κ1) is 20.1. The number of anilines is 2. The van der Waals surface area contributed by atoms with E-state index in [4.69, 9.17) is 5.11 Å².